The predicted molar refractivity (Wildman–Crippen MR) is 78.9 cm³/mol. The Morgan fingerprint density at radius 3 is 2.47 bits per heavy atom. The van der Waals surface area contributed by atoms with Crippen molar-refractivity contribution in [3.8, 4) is 0 Å². The van der Waals surface area contributed by atoms with Crippen molar-refractivity contribution < 1.29 is 0 Å². The summed E-state index contributed by atoms with van der Waals surface area (Å²) in [4.78, 5) is 4.71. The van der Waals surface area contributed by atoms with Crippen LogP contribution in [0.1, 0.15) is 40.5 Å². The first-order valence-electron chi connectivity index (χ1n) is 6.65. The standard InChI is InChI=1S/C13H27N3S/c1-5-14-12(16-13(2,3)4)15-10-11-6-8-17-9-7-11/h11H,5-10H2,1-4H3,(H2,14,15,16). The van der Waals surface area contributed by atoms with E-state index in [-0.39, 0.29) is 5.54 Å². The van der Waals surface area contributed by atoms with E-state index in [9.17, 15) is 0 Å². The van der Waals surface area contributed by atoms with Gasteiger partial charge in [0.1, 0.15) is 0 Å². The van der Waals surface area contributed by atoms with Crippen molar-refractivity contribution in [1.29, 1.82) is 0 Å². The number of guanidine groups is 1. The zero-order valence-electron chi connectivity index (χ0n) is 11.7. The van der Waals surface area contributed by atoms with E-state index in [0.717, 1.165) is 25.0 Å². The fourth-order valence-corrected chi connectivity index (χ4v) is 3.02. The van der Waals surface area contributed by atoms with Gasteiger partial charge in [-0.1, -0.05) is 0 Å². The molecule has 3 nitrogen and oxygen atoms in total. The number of thioether (sulfide) groups is 1. The Labute approximate surface area is 110 Å². The van der Waals surface area contributed by atoms with Gasteiger partial charge in [0, 0.05) is 18.6 Å². The molecular weight excluding hydrogens is 230 g/mol. The Balaban J connectivity index is 2.44. The van der Waals surface area contributed by atoms with Gasteiger partial charge in [0.2, 0.25) is 0 Å². The summed E-state index contributed by atoms with van der Waals surface area (Å²) in [6.45, 7) is 10.5. The number of nitrogens with one attached hydrogen (secondary N) is 2. The van der Waals surface area contributed by atoms with E-state index in [0.29, 0.717) is 0 Å². The summed E-state index contributed by atoms with van der Waals surface area (Å²) < 4.78 is 0. The molecule has 0 aromatic heterocycles. The Hall–Kier alpha value is -0.380. The number of aliphatic imine (C=N–C) groups is 1. The average Bonchev–Trinajstić information content (AvgIpc) is 2.26. The van der Waals surface area contributed by atoms with Crippen molar-refractivity contribution in [2.75, 3.05) is 24.6 Å². The van der Waals surface area contributed by atoms with Crippen molar-refractivity contribution in [3.05, 3.63) is 0 Å². The van der Waals surface area contributed by atoms with Crippen molar-refractivity contribution in [2.24, 2.45) is 10.9 Å². The minimum Gasteiger partial charge on any atom is -0.357 e. The summed E-state index contributed by atoms with van der Waals surface area (Å²) in [7, 11) is 0. The summed E-state index contributed by atoms with van der Waals surface area (Å²) in [5.74, 6) is 4.36. The maximum atomic E-state index is 4.71. The number of nitrogens with zero attached hydrogens (tertiary/aromatic N) is 1. The minimum absolute atomic E-state index is 0.0728. The van der Waals surface area contributed by atoms with Crippen LogP contribution in [0.25, 0.3) is 0 Å². The molecule has 1 aliphatic rings. The van der Waals surface area contributed by atoms with E-state index in [4.69, 9.17) is 4.99 Å². The van der Waals surface area contributed by atoms with Crippen LogP contribution >= 0.6 is 11.8 Å². The van der Waals surface area contributed by atoms with Crippen LogP contribution in [0.4, 0.5) is 0 Å². The van der Waals surface area contributed by atoms with Crippen LogP contribution in [-0.4, -0.2) is 36.1 Å². The lowest BCUT2D eigenvalue weighted by Crippen LogP contribution is -2.47. The molecule has 0 aromatic rings. The Bertz CT molecular complexity index is 240. The molecule has 1 fully saturated rings. The maximum Gasteiger partial charge on any atom is 0.191 e. The molecule has 1 rings (SSSR count). The van der Waals surface area contributed by atoms with Crippen LogP contribution in [0, 0.1) is 5.92 Å². The largest absolute Gasteiger partial charge is 0.357 e. The van der Waals surface area contributed by atoms with Crippen LogP contribution in [0.15, 0.2) is 4.99 Å². The SMILES string of the molecule is CCNC(=NCC1CCSCC1)NC(C)(C)C. The van der Waals surface area contributed by atoms with Gasteiger partial charge in [-0.3, -0.25) is 4.99 Å². The fraction of sp³-hybridized carbons (Fsp3) is 0.923. The first-order valence-corrected chi connectivity index (χ1v) is 7.81. The normalized spacial score (nSPS) is 19.2. The van der Waals surface area contributed by atoms with E-state index in [1.54, 1.807) is 0 Å². The van der Waals surface area contributed by atoms with Crippen molar-refractivity contribution in [3.63, 3.8) is 0 Å². The molecule has 2 N–H and O–H groups in total. The summed E-state index contributed by atoms with van der Waals surface area (Å²) >= 11 is 2.07. The molecule has 0 bridgehead atoms. The van der Waals surface area contributed by atoms with Gasteiger partial charge >= 0.3 is 0 Å². The molecule has 100 valence electrons. The molecule has 0 atom stereocenters. The Morgan fingerprint density at radius 2 is 1.94 bits per heavy atom. The molecule has 1 saturated heterocycles. The summed E-state index contributed by atoms with van der Waals surface area (Å²) in [5.41, 5.74) is 0.0728. The van der Waals surface area contributed by atoms with Crippen LogP contribution in [0.2, 0.25) is 0 Å². The van der Waals surface area contributed by atoms with Gasteiger partial charge in [-0.25, -0.2) is 0 Å². The smallest absolute Gasteiger partial charge is 0.191 e. The highest BCUT2D eigenvalue weighted by atomic mass is 32.2. The second-order valence-corrected chi connectivity index (χ2v) is 6.88. The highest BCUT2D eigenvalue weighted by molar-refractivity contribution is 7.99. The summed E-state index contributed by atoms with van der Waals surface area (Å²) in [5, 5.41) is 6.74. The quantitative estimate of drug-likeness (QED) is 0.602. The van der Waals surface area contributed by atoms with Crippen LogP contribution in [0.5, 0.6) is 0 Å². The zero-order chi connectivity index (χ0) is 12.7. The number of hydrogen-bond acceptors (Lipinski definition) is 2. The van der Waals surface area contributed by atoms with Crippen molar-refractivity contribution >= 4 is 17.7 Å². The lowest BCUT2D eigenvalue weighted by molar-refractivity contribution is 0.484. The molecular formula is C13H27N3S. The third kappa shape index (κ3) is 6.81. The molecule has 0 unspecified atom stereocenters. The third-order valence-corrected chi connectivity index (χ3v) is 3.73. The van der Waals surface area contributed by atoms with Crippen molar-refractivity contribution in [2.45, 2.75) is 46.1 Å². The topological polar surface area (TPSA) is 36.4 Å². The number of rotatable bonds is 3. The van der Waals surface area contributed by atoms with Gasteiger partial charge in [0.05, 0.1) is 0 Å². The predicted octanol–water partition coefficient (Wildman–Crippen LogP) is 2.48. The monoisotopic (exact) mass is 257 g/mol. The van der Waals surface area contributed by atoms with E-state index < -0.39 is 0 Å². The van der Waals surface area contributed by atoms with E-state index >= 15 is 0 Å². The minimum atomic E-state index is 0.0728. The van der Waals surface area contributed by atoms with Crippen LogP contribution in [-0.2, 0) is 0 Å². The number of hydrogen-bond donors (Lipinski definition) is 2. The highest BCUT2D eigenvalue weighted by Gasteiger charge is 2.15. The first-order chi connectivity index (χ1) is 8.01. The molecule has 0 spiro atoms. The molecule has 17 heavy (non-hydrogen) atoms. The Morgan fingerprint density at radius 1 is 1.29 bits per heavy atom. The second kappa shape index (κ2) is 7.14. The molecule has 0 saturated carbocycles. The molecule has 0 radical (unpaired) electrons. The van der Waals surface area contributed by atoms with Crippen molar-refractivity contribution in [1.82, 2.24) is 10.6 Å². The summed E-state index contributed by atoms with van der Waals surface area (Å²) in [6.07, 6.45) is 2.65. The molecule has 4 heteroatoms. The van der Waals surface area contributed by atoms with Gasteiger partial charge in [-0.05, 0) is 58.0 Å². The molecule has 0 amide bonds. The first kappa shape index (κ1) is 14.7. The lowest BCUT2D eigenvalue weighted by atomic mass is 10.0. The van der Waals surface area contributed by atoms with Gasteiger partial charge in [-0.15, -0.1) is 0 Å². The van der Waals surface area contributed by atoms with Gasteiger partial charge in [0.25, 0.3) is 0 Å². The van der Waals surface area contributed by atoms with E-state index in [1.165, 1.54) is 24.3 Å². The molecule has 1 heterocycles. The highest BCUT2D eigenvalue weighted by Crippen LogP contribution is 2.22. The summed E-state index contributed by atoms with van der Waals surface area (Å²) in [6, 6.07) is 0. The maximum absolute atomic E-state index is 4.71. The third-order valence-electron chi connectivity index (χ3n) is 2.69. The van der Waals surface area contributed by atoms with Crippen LogP contribution < -0.4 is 10.6 Å². The second-order valence-electron chi connectivity index (χ2n) is 5.65. The van der Waals surface area contributed by atoms with Gasteiger partial charge in [-0.2, -0.15) is 11.8 Å². The lowest BCUT2D eigenvalue weighted by Gasteiger charge is -2.25. The van der Waals surface area contributed by atoms with Crippen LogP contribution in [0.3, 0.4) is 0 Å². The molecule has 1 aliphatic heterocycles. The van der Waals surface area contributed by atoms with E-state index in [2.05, 4.69) is 50.1 Å². The van der Waals surface area contributed by atoms with Gasteiger partial charge < -0.3 is 10.6 Å². The molecule has 0 aliphatic carbocycles. The average molecular weight is 257 g/mol. The fourth-order valence-electron chi connectivity index (χ4n) is 1.81. The molecule has 0 aromatic carbocycles. The van der Waals surface area contributed by atoms with E-state index in [1.807, 2.05) is 0 Å². The van der Waals surface area contributed by atoms with Gasteiger partial charge in [0.15, 0.2) is 5.96 Å². The zero-order valence-corrected chi connectivity index (χ0v) is 12.5. The Kier molecular flexibility index (Phi) is 6.17.